The predicted octanol–water partition coefficient (Wildman–Crippen LogP) is 8.86. The van der Waals surface area contributed by atoms with Crippen LogP contribution in [0.25, 0.3) is 44.7 Å². The molecule has 0 saturated carbocycles. The molecule has 0 heterocycles. The van der Waals surface area contributed by atoms with Crippen molar-refractivity contribution in [1.82, 2.24) is 0 Å². The molecule has 0 aromatic heterocycles. The third-order valence-electron chi connectivity index (χ3n) is 6.38. The molecule has 5 rings (SSSR count). The number of allylic oxidation sites excluding steroid dienone is 4. The van der Waals surface area contributed by atoms with Crippen LogP contribution in [0, 0.1) is 6.92 Å². The van der Waals surface area contributed by atoms with Crippen LogP contribution in [0.4, 0.5) is 0 Å². The molecule has 0 saturated heterocycles. The van der Waals surface area contributed by atoms with Crippen LogP contribution in [0.3, 0.4) is 0 Å². The highest BCUT2D eigenvalue weighted by Crippen LogP contribution is 2.39. The lowest BCUT2D eigenvalue weighted by Gasteiger charge is -2.18. The Morgan fingerprint density at radius 1 is 0.710 bits per heavy atom. The Hall–Kier alpha value is -3.64. The number of hydrogen-bond acceptors (Lipinski definition) is 0. The summed E-state index contributed by atoms with van der Waals surface area (Å²) in [6.45, 7) is 6.37. The van der Waals surface area contributed by atoms with E-state index in [4.69, 9.17) is 0 Å². The van der Waals surface area contributed by atoms with Crippen molar-refractivity contribution in [2.45, 2.75) is 19.8 Å². The third kappa shape index (κ3) is 3.45. The second kappa shape index (κ2) is 8.24. The Balaban J connectivity index is 1.72. The molecule has 0 radical (unpaired) electrons. The lowest BCUT2D eigenvalue weighted by atomic mass is 9.85. The molecule has 1 aliphatic carbocycles. The van der Waals surface area contributed by atoms with E-state index in [-0.39, 0.29) is 0 Å². The molecule has 0 bridgehead atoms. The minimum Gasteiger partial charge on any atom is -0.0984 e. The predicted molar refractivity (Wildman–Crippen MR) is 136 cm³/mol. The zero-order valence-electron chi connectivity index (χ0n) is 17.9. The Kier molecular flexibility index (Phi) is 5.14. The van der Waals surface area contributed by atoms with Crippen molar-refractivity contribution in [3.63, 3.8) is 0 Å². The molecule has 0 amide bonds. The summed E-state index contributed by atoms with van der Waals surface area (Å²) in [4.78, 5) is 0. The van der Waals surface area contributed by atoms with E-state index in [1.54, 1.807) is 0 Å². The van der Waals surface area contributed by atoms with Crippen molar-refractivity contribution in [2.75, 3.05) is 0 Å². The first-order valence-electron chi connectivity index (χ1n) is 11.0. The van der Waals surface area contributed by atoms with Gasteiger partial charge in [0, 0.05) is 0 Å². The summed E-state index contributed by atoms with van der Waals surface area (Å²) in [5.74, 6) is 0. The number of benzene rings is 4. The van der Waals surface area contributed by atoms with E-state index in [1.807, 2.05) is 6.08 Å². The summed E-state index contributed by atoms with van der Waals surface area (Å²) in [6, 6.07) is 28.5. The molecular weight excluding hydrogens is 372 g/mol. The molecule has 0 heteroatoms. The fraction of sp³-hybridized carbons (Fsp3) is 0.0968. The maximum absolute atomic E-state index is 4.17. The van der Waals surface area contributed by atoms with Crippen LogP contribution >= 0.6 is 0 Å². The van der Waals surface area contributed by atoms with Crippen LogP contribution in [-0.4, -0.2) is 0 Å². The zero-order chi connectivity index (χ0) is 21.2. The Labute approximate surface area is 184 Å². The first-order chi connectivity index (χ1) is 15.3. The highest BCUT2D eigenvalue weighted by Gasteiger charge is 2.15. The van der Waals surface area contributed by atoms with Gasteiger partial charge in [-0.2, -0.15) is 0 Å². The van der Waals surface area contributed by atoms with Crippen molar-refractivity contribution in [2.24, 2.45) is 0 Å². The van der Waals surface area contributed by atoms with Crippen LogP contribution in [-0.2, 0) is 0 Å². The van der Waals surface area contributed by atoms with Crippen LogP contribution in [0.1, 0.15) is 29.5 Å². The smallest absolute Gasteiger partial charge is 0.00989 e. The quantitative estimate of drug-likeness (QED) is 0.322. The van der Waals surface area contributed by atoms with Gasteiger partial charge in [0.1, 0.15) is 0 Å². The van der Waals surface area contributed by atoms with Gasteiger partial charge in [-0.25, -0.2) is 0 Å². The van der Waals surface area contributed by atoms with Crippen LogP contribution in [0.2, 0.25) is 0 Å². The van der Waals surface area contributed by atoms with Gasteiger partial charge >= 0.3 is 0 Å². The molecule has 31 heavy (non-hydrogen) atoms. The minimum atomic E-state index is 1.10. The Morgan fingerprint density at radius 3 is 2.06 bits per heavy atom. The average Bonchev–Trinajstić information content (AvgIpc) is 2.84. The van der Waals surface area contributed by atoms with Gasteiger partial charge in [-0.3, -0.25) is 0 Å². The maximum atomic E-state index is 4.17. The van der Waals surface area contributed by atoms with Crippen molar-refractivity contribution < 1.29 is 0 Å². The van der Waals surface area contributed by atoms with Crippen LogP contribution < -0.4 is 0 Å². The van der Waals surface area contributed by atoms with E-state index in [0.29, 0.717) is 0 Å². The topological polar surface area (TPSA) is 0 Å². The first kappa shape index (κ1) is 19.3. The monoisotopic (exact) mass is 398 g/mol. The standard InChI is InChI=1S/C31H26/c1-3-25-22(2)26(23-12-6-4-7-13-23)18-20-30(25)31-21-19-27(24-14-8-5-9-15-24)28-16-10-11-17-29(28)31/h3-8,10-14,16-21H,1,9,15H2,2H3. The number of rotatable bonds is 4. The molecule has 1 aliphatic rings. The SMILES string of the molecule is C=Cc1c(-c2ccc(C3=CC=CCC3)c3ccccc23)ccc(-c2ccccc2)c1C. The van der Waals surface area contributed by atoms with Crippen molar-refractivity contribution in [1.29, 1.82) is 0 Å². The second-order valence-electron chi connectivity index (χ2n) is 8.13. The number of fused-ring (bicyclic) bond motifs is 1. The fourth-order valence-corrected chi connectivity index (χ4v) is 4.80. The van der Waals surface area contributed by atoms with Gasteiger partial charge < -0.3 is 0 Å². The normalized spacial score (nSPS) is 13.3. The maximum Gasteiger partial charge on any atom is -0.00989 e. The number of hydrogen-bond donors (Lipinski definition) is 0. The molecule has 0 N–H and O–H groups in total. The molecular formula is C31H26. The van der Waals surface area contributed by atoms with Gasteiger partial charge in [0.15, 0.2) is 0 Å². The minimum absolute atomic E-state index is 1.10. The van der Waals surface area contributed by atoms with Crippen molar-refractivity contribution in [3.8, 4) is 22.3 Å². The van der Waals surface area contributed by atoms with E-state index < -0.39 is 0 Å². The Bertz CT molecular complexity index is 1330. The van der Waals surface area contributed by atoms with E-state index in [1.165, 1.54) is 55.3 Å². The van der Waals surface area contributed by atoms with E-state index in [0.717, 1.165) is 12.8 Å². The van der Waals surface area contributed by atoms with Gasteiger partial charge in [-0.05, 0) is 75.1 Å². The highest BCUT2D eigenvalue weighted by atomic mass is 14.2. The van der Waals surface area contributed by atoms with Crippen LogP contribution in [0.15, 0.2) is 104 Å². The summed E-state index contributed by atoms with van der Waals surface area (Å²) < 4.78 is 0. The molecule has 0 aliphatic heterocycles. The summed E-state index contributed by atoms with van der Waals surface area (Å²) in [7, 11) is 0. The lowest BCUT2D eigenvalue weighted by molar-refractivity contribution is 1.06. The molecule has 0 fully saturated rings. The first-order valence-corrected chi connectivity index (χ1v) is 11.0. The van der Waals surface area contributed by atoms with E-state index >= 15 is 0 Å². The molecule has 150 valence electrons. The largest absolute Gasteiger partial charge is 0.0984 e. The van der Waals surface area contributed by atoms with Crippen molar-refractivity contribution >= 4 is 22.4 Å². The third-order valence-corrected chi connectivity index (χ3v) is 6.38. The lowest BCUT2D eigenvalue weighted by Crippen LogP contribution is -1.95. The molecule has 0 atom stereocenters. The highest BCUT2D eigenvalue weighted by molar-refractivity contribution is 6.04. The average molecular weight is 399 g/mol. The van der Waals surface area contributed by atoms with E-state index in [2.05, 4.69) is 111 Å². The summed E-state index contributed by atoms with van der Waals surface area (Å²) >= 11 is 0. The van der Waals surface area contributed by atoms with Gasteiger partial charge in [0.05, 0.1) is 0 Å². The molecule has 0 nitrogen and oxygen atoms in total. The summed E-state index contributed by atoms with van der Waals surface area (Å²) in [5.41, 5.74) is 10.3. The van der Waals surface area contributed by atoms with Gasteiger partial charge in [-0.1, -0.05) is 110 Å². The zero-order valence-corrected chi connectivity index (χ0v) is 17.9. The van der Waals surface area contributed by atoms with Crippen molar-refractivity contribution in [3.05, 3.63) is 120 Å². The fourth-order valence-electron chi connectivity index (χ4n) is 4.80. The van der Waals surface area contributed by atoms with Gasteiger partial charge in [0.25, 0.3) is 0 Å². The molecule has 0 spiro atoms. The molecule has 4 aromatic rings. The van der Waals surface area contributed by atoms with Gasteiger partial charge in [0.2, 0.25) is 0 Å². The summed E-state index contributed by atoms with van der Waals surface area (Å²) in [5, 5.41) is 2.62. The second-order valence-corrected chi connectivity index (χ2v) is 8.13. The Morgan fingerprint density at radius 2 is 1.35 bits per heavy atom. The van der Waals surface area contributed by atoms with E-state index in [9.17, 15) is 0 Å². The van der Waals surface area contributed by atoms with Crippen LogP contribution in [0.5, 0.6) is 0 Å². The van der Waals surface area contributed by atoms with Gasteiger partial charge in [-0.15, -0.1) is 0 Å². The molecule has 4 aromatic carbocycles. The molecule has 0 unspecified atom stereocenters. The summed E-state index contributed by atoms with van der Waals surface area (Å²) in [6.07, 6.45) is 10.9.